The number of nitrogens with zero attached hydrogens (tertiary/aromatic N) is 1. The van der Waals surface area contributed by atoms with Crippen LogP contribution >= 0.6 is 0 Å². The van der Waals surface area contributed by atoms with Crippen LogP contribution in [0, 0.1) is 17.5 Å². The van der Waals surface area contributed by atoms with Crippen LogP contribution in [0.25, 0.3) is 0 Å². The smallest absolute Gasteiger partial charge is 0.254 e. The lowest BCUT2D eigenvalue weighted by molar-refractivity contribution is -0.132. The third kappa shape index (κ3) is 5.58. The monoisotopic (exact) mass is 460 g/mol. The number of aliphatic hydroxyl groups is 1. The summed E-state index contributed by atoms with van der Waals surface area (Å²) in [5.74, 6) is -3.23. The fourth-order valence-corrected chi connectivity index (χ4v) is 3.16. The predicted molar refractivity (Wildman–Crippen MR) is 115 cm³/mol. The normalized spacial score (nSPS) is 13.3. The zero-order valence-corrected chi connectivity index (χ0v) is 18.1. The van der Waals surface area contributed by atoms with Crippen molar-refractivity contribution in [2.75, 3.05) is 5.32 Å². The summed E-state index contributed by atoms with van der Waals surface area (Å²) >= 11 is 0. The zero-order valence-electron chi connectivity index (χ0n) is 18.1. The Labute approximate surface area is 188 Å². The van der Waals surface area contributed by atoms with Crippen molar-refractivity contribution in [1.29, 1.82) is 0 Å². The molecule has 1 aromatic heterocycles. The first-order valence-corrected chi connectivity index (χ1v) is 10.0. The van der Waals surface area contributed by atoms with E-state index in [9.17, 15) is 27.9 Å². The Kier molecular flexibility index (Phi) is 6.87. The van der Waals surface area contributed by atoms with Crippen LogP contribution in [-0.2, 0) is 15.0 Å². The van der Waals surface area contributed by atoms with Gasteiger partial charge in [0.05, 0.1) is 0 Å². The summed E-state index contributed by atoms with van der Waals surface area (Å²) in [6, 6.07) is 8.44. The van der Waals surface area contributed by atoms with E-state index >= 15 is 0 Å². The van der Waals surface area contributed by atoms with E-state index in [1.54, 1.807) is 13.8 Å². The summed E-state index contributed by atoms with van der Waals surface area (Å²) in [5.41, 5.74) is 0.190. The first-order chi connectivity index (χ1) is 15.5. The summed E-state index contributed by atoms with van der Waals surface area (Å²) < 4.78 is 40.3. The number of aromatic amines is 1. The highest BCUT2D eigenvalue weighted by Gasteiger charge is 2.28. The number of halogens is 3. The minimum absolute atomic E-state index is 0.139. The Morgan fingerprint density at radius 2 is 1.58 bits per heavy atom. The highest BCUT2D eigenvalue weighted by molar-refractivity contribution is 5.97. The third-order valence-corrected chi connectivity index (χ3v) is 5.27. The molecule has 33 heavy (non-hydrogen) atoms. The van der Waals surface area contributed by atoms with E-state index in [2.05, 4.69) is 20.8 Å². The number of amides is 2. The van der Waals surface area contributed by atoms with E-state index in [1.165, 1.54) is 37.3 Å². The first-order valence-electron chi connectivity index (χ1n) is 10.0. The second-order valence-electron chi connectivity index (χ2n) is 8.12. The minimum atomic E-state index is -1.58. The average Bonchev–Trinajstić information content (AvgIpc) is 3.22. The SMILES string of the molecule is C[C@H](NC(=O)[C@@H](O)c1ccc(F)cc1)C(=O)Nc1cc(C(C)(C)c2cc(F)cc(F)c2)[nH]n1. The number of carbonyl (C=O) groups is 2. The number of aromatic nitrogens is 2. The standard InChI is InChI=1S/C23H23F3N4O3/c1-12(27-22(33)20(31)13-4-6-15(24)7-5-13)21(32)28-19-11-18(29-30-19)23(2,3)14-8-16(25)10-17(26)9-14/h4-12,20,31H,1-3H3,(H,27,33)(H2,28,29,30,32)/t12-,20-/m0/s1. The topological polar surface area (TPSA) is 107 Å². The minimum Gasteiger partial charge on any atom is -0.378 e. The molecule has 0 unspecified atom stereocenters. The molecule has 0 aliphatic heterocycles. The summed E-state index contributed by atoms with van der Waals surface area (Å²) in [6.07, 6.45) is -1.58. The molecule has 2 aromatic carbocycles. The Hall–Kier alpha value is -3.66. The van der Waals surface area contributed by atoms with Gasteiger partial charge in [0.2, 0.25) is 5.91 Å². The van der Waals surface area contributed by atoms with Gasteiger partial charge in [-0.1, -0.05) is 26.0 Å². The predicted octanol–water partition coefficient (Wildman–Crippen LogP) is 3.33. The molecular weight excluding hydrogens is 437 g/mol. The van der Waals surface area contributed by atoms with Crippen LogP contribution in [0.2, 0.25) is 0 Å². The van der Waals surface area contributed by atoms with Crippen LogP contribution in [0.15, 0.2) is 48.5 Å². The number of benzene rings is 2. The molecule has 0 spiro atoms. The highest BCUT2D eigenvalue weighted by atomic mass is 19.1. The van der Waals surface area contributed by atoms with Crippen molar-refractivity contribution < 1.29 is 27.9 Å². The van der Waals surface area contributed by atoms with Gasteiger partial charge < -0.3 is 15.7 Å². The van der Waals surface area contributed by atoms with Crippen LogP contribution in [0.3, 0.4) is 0 Å². The number of aliphatic hydroxyl groups excluding tert-OH is 1. The Morgan fingerprint density at radius 3 is 2.18 bits per heavy atom. The lowest BCUT2D eigenvalue weighted by Gasteiger charge is -2.23. The number of hydrogen-bond acceptors (Lipinski definition) is 4. The van der Waals surface area contributed by atoms with Gasteiger partial charge in [0, 0.05) is 23.2 Å². The van der Waals surface area contributed by atoms with Gasteiger partial charge in [0.25, 0.3) is 5.91 Å². The molecule has 7 nitrogen and oxygen atoms in total. The van der Waals surface area contributed by atoms with Crippen LogP contribution in [0.4, 0.5) is 19.0 Å². The quantitative estimate of drug-likeness (QED) is 0.434. The van der Waals surface area contributed by atoms with E-state index < -0.39 is 46.8 Å². The molecule has 1 heterocycles. The second-order valence-corrected chi connectivity index (χ2v) is 8.12. The van der Waals surface area contributed by atoms with Crippen LogP contribution in [0.5, 0.6) is 0 Å². The molecule has 0 fully saturated rings. The Balaban J connectivity index is 1.64. The first kappa shape index (κ1) is 24.0. The summed E-state index contributed by atoms with van der Waals surface area (Å²) in [4.78, 5) is 24.7. The fourth-order valence-electron chi connectivity index (χ4n) is 3.16. The fraction of sp³-hybridized carbons (Fsp3) is 0.261. The van der Waals surface area contributed by atoms with Crippen LogP contribution in [-0.4, -0.2) is 33.2 Å². The molecule has 0 bridgehead atoms. The van der Waals surface area contributed by atoms with Gasteiger partial charge in [-0.3, -0.25) is 14.7 Å². The van der Waals surface area contributed by atoms with Crippen LogP contribution < -0.4 is 10.6 Å². The van der Waals surface area contributed by atoms with Gasteiger partial charge in [-0.05, 0) is 42.3 Å². The third-order valence-electron chi connectivity index (χ3n) is 5.27. The number of rotatable bonds is 7. The highest BCUT2D eigenvalue weighted by Crippen LogP contribution is 2.32. The molecule has 3 rings (SSSR count). The number of H-pyrrole nitrogens is 1. The Bertz CT molecular complexity index is 1140. The maximum atomic E-state index is 13.6. The molecule has 0 radical (unpaired) electrons. The number of carbonyl (C=O) groups excluding carboxylic acids is 2. The van der Waals surface area contributed by atoms with Gasteiger partial charge in [0.15, 0.2) is 11.9 Å². The van der Waals surface area contributed by atoms with Crippen molar-refractivity contribution in [1.82, 2.24) is 15.5 Å². The van der Waals surface area contributed by atoms with Crippen molar-refractivity contribution in [3.8, 4) is 0 Å². The van der Waals surface area contributed by atoms with Gasteiger partial charge in [0.1, 0.15) is 23.5 Å². The molecule has 2 amide bonds. The van der Waals surface area contributed by atoms with Gasteiger partial charge in [-0.2, -0.15) is 5.10 Å². The van der Waals surface area contributed by atoms with Crippen molar-refractivity contribution in [2.24, 2.45) is 0 Å². The number of anilines is 1. The van der Waals surface area contributed by atoms with Crippen molar-refractivity contribution in [3.63, 3.8) is 0 Å². The molecule has 0 aliphatic rings. The molecule has 0 aliphatic carbocycles. The summed E-state index contributed by atoms with van der Waals surface area (Å²) in [5, 5.41) is 21.7. The molecule has 3 aromatic rings. The largest absolute Gasteiger partial charge is 0.378 e. The molecule has 174 valence electrons. The lowest BCUT2D eigenvalue weighted by Crippen LogP contribution is -2.43. The van der Waals surface area contributed by atoms with Crippen molar-refractivity contribution in [3.05, 3.63) is 82.8 Å². The maximum Gasteiger partial charge on any atom is 0.254 e. The van der Waals surface area contributed by atoms with Crippen LogP contribution in [0.1, 0.15) is 43.7 Å². The van der Waals surface area contributed by atoms with E-state index in [-0.39, 0.29) is 11.4 Å². The zero-order chi connectivity index (χ0) is 24.3. The second kappa shape index (κ2) is 9.45. The molecule has 2 atom stereocenters. The van der Waals surface area contributed by atoms with Gasteiger partial charge >= 0.3 is 0 Å². The van der Waals surface area contributed by atoms with E-state index in [0.717, 1.165) is 18.2 Å². The van der Waals surface area contributed by atoms with Crippen molar-refractivity contribution in [2.45, 2.75) is 38.3 Å². The number of nitrogens with one attached hydrogen (secondary N) is 3. The average molecular weight is 460 g/mol. The van der Waals surface area contributed by atoms with E-state index in [4.69, 9.17) is 0 Å². The van der Waals surface area contributed by atoms with E-state index in [1.807, 2.05) is 0 Å². The summed E-state index contributed by atoms with van der Waals surface area (Å²) in [7, 11) is 0. The van der Waals surface area contributed by atoms with E-state index in [0.29, 0.717) is 11.3 Å². The van der Waals surface area contributed by atoms with Gasteiger partial charge in [-0.25, -0.2) is 13.2 Å². The Morgan fingerprint density at radius 1 is 0.970 bits per heavy atom. The lowest BCUT2D eigenvalue weighted by atomic mass is 9.81. The molecule has 0 saturated heterocycles. The molecule has 10 heteroatoms. The maximum absolute atomic E-state index is 13.6. The number of hydrogen-bond donors (Lipinski definition) is 4. The summed E-state index contributed by atoms with van der Waals surface area (Å²) in [6.45, 7) is 4.89. The molecular formula is C23H23F3N4O3. The van der Waals surface area contributed by atoms with Crippen molar-refractivity contribution >= 4 is 17.6 Å². The molecule has 4 N–H and O–H groups in total. The molecule has 0 saturated carbocycles. The van der Waals surface area contributed by atoms with Gasteiger partial charge in [-0.15, -0.1) is 0 Å².